The van der Waals surface area contributed by atoms with Gasteiger partial charge in [-0.2, -0.15) is 0 Å². The van der Waals surface area contributed by atoms with Crippen LogP contribution in [0.1, 0.15) is 29.2 Å². The summed E-state index contributed by atoms with van der Waals surface area (Å²) in [5.41, 5.74) is 10.1. The average molecular weight is 438 g/mol. The molecule has 1 aliphatic rings. The molecule has 0 radical (unpaired) electrons. The molecule has 0 unspecified atom stereocenters. The minimum Gasteiger partial charge on any atom is -0.493 e. The number of ether oxygens (including phenoxy) is 1. The van der Waals surface area contributed by atoms with E-state index < -0.39 is 0 Å². The number of nitrogen functional groups attached to an aromatic ring is 1. The third kappa shape index (κ3) is 6.31. The molecule has 1 aromatic heterocycles. The Morgan fingerprint density at radius 2 is 2.00 bits per heavy atom. The van der Waals surface area contributed by atoms with E-state index in [1.807, 2.05) is 38.1 Å². The number of para-hydroxylation sites is 1. The number of aromatic nitrogens is 1. The number of nitrogens with zero attached hydrogens (tertiary/aromatic N) is 4. The quantitative estimate of drug-likeness (QED) is 0.640. The number of benzene rings is 1. The Labute approximate surface area is 191 Å². The fraction of sp³-hybridized carbons (Fsp3) is 0.440. The minimum absolute atomic E-state index is 0.0774. The first-order chi connectivity index (χ1) is 15.4. The van der Waals surface area contributed by atoms with Crippen LogP contribution in [0.2, 0.25) is 0 Å². The maximum Gasteiger partial charge on any atom is 0.246 e. The van der Waals surface area contributed by atoms with E-state index in [-0.39, 0.29) is 5.91 Å². The predicted octanol–water partition coefficient (Wildman–Crippen LogP) is 2.79. The lowest BCUT2D eigenvalue weighted by molar-refractivity contribution is -0.125. The summed E-state index contributed by atoms with van der Waals surface area (Å²) in [5.74, 6) is 1.33. The van der Waals surface area contributed by atoms with Crippen molar-refractivity contribution in [2.24, 2.45) is 0 Å². The number of nitrogens with two attached hydrogens (primary N) is 1. The van der Waals surface area contributed by atoms with Crippen LogP contribution in [0.3, 0.4) is 0 Å². The Hall–Kier alpha value is -2.90. The SMILES string of the molecule is CCOc1c(C)cccc1CN(C)C(=O)C=Cc1cnc(N)c(CN2CCN(C)CC2)c1. The summed E-state index contributed by atoms with van der Waals surface area (Å²) in [6.07, 6.45) is 5.10. The molecule has 32 heavy (non-hydrogen) atoms. The first kappa shape index (κ1) is 23.8. The van der Waals surface area contributed by atoms with Crippen molar-refractivity contribution in [2.45, 2.75) is 26.9 Å². The number of anilines is 1. The highest BCUT2D eigenvalue weighted by molar-refractivity contribution is 5.91. The molecule has 1 aliphatic heterocycles. The van der Waals surface area contributed by atoms with Crippen LogP contribution < -0.4 is 10.5 Å². The third-order valence-corrected chi connectivity index (χ3v) is 5.80. The van der Waals surface area contributed by atoms with Crippen LogP contribution in [0.4, 0.5) is 5.82 Å². The van der Waals surface area contributed by atoms with Crippen LogP contribution in [0, 0.1) is 6.92 Å². The van der Waals surface area contributed by atoms with Crippen molar-refractivity contribution in [1.29, 1.82) is 0 Å². The number of likely N-dealkylation sites (N-methyl/N-ethyl adjacent to an activating group) is 2. The average Bonchev–Trinajstić information content (AvgIpc) is 2.78. The molecule has 2 N–H and O–H groups in total. The summed E-state index contributed by atoms with van der Waals surface area (Å²) < 4.78 is 5.79. The van der Waals surface area contributed by atoms with Crippen LogP contribution in [0.15, 0.2) is 36.5 Å². The molecule has 1 aromatic carbocycles. The lowest BCUT2D eigenvalue weighted by atomic mass is 10.1. The number of aryl methyl sites for hydroxylation is 1. The standard InChI is InChI=1S/C25H35N5O2/c1-5-32-24-19(2)7-6-8-21(24)17-29(4)23(31)10-9-20-15-22(25(26)27-16-20)18-30-13-11-28(3)12-14-30/h6-10,15-16H,5,11-14,17-18H2,1-4H3,(H2,26,27). The molecule has 0 spiro atoms. The maximum absolute atomic E-state index is 12.7. The molecule has 7 nitrogen and oxygen atoms in total. The zero-order valence-corrected chi connectivity index (χ0v) is 19.7. The highest BCUT2D eigenvalue weighted by atomic mass is 16.5. The van der Waals surface area contributed by atoms with Crippen LogP contribution >= 0.6 is 0 Å². The second kappa shape index (κ2) is 11.1. The number of hydrogen-bond acceptors (Lipinski definition) is 6. The van der Waals surface area contributed by atoms with Crippen molar-refractivity contribution in [1.82, 2.24) is 19.7 Å². The number of piperazine rings is 1. The summed E-state index contributed by atoms with van der Waals surface area (Å²) >= 11 is 0. The lowest BCUT2D eigenvalue weighted by Gasteiger charge is -2.32. The molecule has 1 amide bonds. The van der Waals surface area contributed by atoms with Gasteiger partial charge in [0.1, 0.15) is 11.6 Å². The van der Waals surface area contributed by atoms with Crippen molar-refractivity contribution in [2.75, 3.05) is 52.6 Å². The van der Waals surface area contributed by atoms with E-state index in [1.54, 1.807) is 30.3 Å². The van der Waals surface area contributed by atoms with Gasteiger partial charge < -0.3 is 20.3 Å². The summed E-state index contributed by atoms with van der Waals surface area (Å²) in [6, 6.07) is 8.03. The summed E-state index contributed by atoms with van der Waals surface area (Å²) in [6.45, 7) is 9.97. The summed E-state index contributed by atoms with van der Waals surface area (Å²) in [4.78, 5) is 23.5. The van der Waals surface area contributed by atoms with Gasteiger partial charge in [0, 0.05) is 69.7 Å². The molecule has 7 heteroatoms. The van der Waals surface area contributed by atoms with Gasteiger partial charge in [0.05, 0.1) is 6.61 Å². The zero-order valence-electron chi connectivity index (χ0n) is 19.7. The Balaban J connectivity index is 1.64. The molecule has 2 aromatic rings. The molecule has 1 fully saturated rings. The van der Waals surface area contributed by atoms with Gasteiger partial charge in [0.2, 0.25) is 5.91 Å². The zero-order chi connectivity index (χ0) is 23.1. The third-order valence-electron chi connectivity index (χ3n) is 5.80. The molecule has 0 atom stereocenters. The second-order valence-corrected chi connectivity index (χ2v) is 8.42. The van der Waals surface area contributed by atoms with E-state index >= 15 is 0 Å². The van der Waals surface area contributed by atoms with E-state index in [0.29, 0.717) is 19.0 Å². The van der Waals surface area contributed by atoms with Crippen molar-refractivity contribution >= 4 is 17.8 Å². The topological polar surface area (TPSA) is 74.9 Å². The van der Waals surface area contributed by atoms with E-state index in [1.165, 1.54) is 0 Å². The fourth-order valence-corrected chi connectivity index (χ4v) is 3.82. The van der Waals surface area contributed by atoms with Crippen LogP contribution in [-0.2, 0) is 17.9 Å². The largest absolute Gasteiger partial charge is 0.493 e. The van der Waals surface area contributed by atoms with Gasteiger partial charge in [-0.1, -0.05) is 18.2 Å². The van der Waals surface area contributed by atoms with Gasteiger partial charge in [-0.15, -0.1) is 0 Å². The molecule has 3 rings (SSSR count). The highest BCUT2D eigenvalue weighted by Crippen LogP contribution is 2.24. The highest BCUT2D eigenvalue weighted by Gasteiger charge is 2.16. The summed E-state index contributed by atoms with van der Waals surface area (Å²) in [5, 5.41) is 0. The van der Waals surface area contributed by atoms with Gasteiger partial charge in [-0.25, -0.2) is 4.98 Å². The molecular formula is C25H35N5O2. The number of pyridine rings is 1. The summed E-state index contributed by atoms with van der Waals surface area (Å²) in [7, 11) is 3.94. The molecule has 2 heterocycles. The van der Waals surface area contributed by atoms with Gasteiger partial charge in [0.15, 0.2) is 0 Å². The number of carbonyl (C=O) groups is 1. The Kier molecular flexibility index (Phi) is 8.25. The van der Waals surface area contributed by atoms with E-state index in [0.717, 1.165) is 60.7 Å². The second-order valence-electron chi connectivity index (χ2n) is 8.42. The number of carbonyl (C=O) groups excluding carboxylic acids is 1. The first-order valence-corrected chi connectivity index (χ1v) is 11.2. The number of rotatable bonds is 8. The minimum atomic E-state index is -0.0774. The van der Waals surface area contributed by atoms with Crippen LogP contribution in [0.25, 0.3) is 6.08 Å². The van der Waals surface area contributed by atoms with E-state index in [4.69, 9.17) is 10.5 Å². The maximum atomic E-state index is 12.7. The van der Waals surface area contributed by atoms with Crippen LogP contribution in [0.5, 0.6) is 5.75 Å². The molecule has 1 saturated heterocycles. The van der Waals surface area contributed by atoms with Crippen LogP contribution in [-0.4, -0.2) is 72.5 Å². The lowest BCUT2D eigenvalue weighted by Crippen LogP contribution is -2.44. The Bertz CT molecular complexity index is 951. The van der Waals surface area contributed by atoms with E-state index in [9.17, 15) is 4.79 Å². The van der Waals surface area contributed by atoms with Crippen molar-refractivity contribution < 1.29 is 9.53 Å². The Morgan fingerprint density at radius 3 is 2.72 bits per heavy atom. The molecular weight excluding hydrogens is 402 g/mol. The first-order valence-electron chi connectivity index (χ1n) is 11.2. The smallest absolute Gasteiger partial charge is 0.246 e. The van der Waals surface area contributed by atoms with Crippen molar-refractivity contribution in [3.05, 3.63) is 58.8 Å². The van der Waals surface area contributed by atoms with E-state index in [2.05, 4.69) is 21.8 Å². The predicted molar refractivity (Wildman–Crippen MR) is 129 cm³/mol. The number of amides is 1. The molecule has 0 aliphatic carbocycles. The molecule has 0 saturated carbocycles. The van der Waals surface area contributed by atoms with Gasteiger partial charge >= 0.3 is 0 Å². The number of hydrogen-bond donors (Lipinski definition) is 1. The molecule has 0 bridgehead atoms. The fourth-order valence-electron chi connectivity index (χ4n) is 3.82. The van der Waals surface area contributed by atoms with Crippen molar-refractivity contribution in [3.63, 3.8) is 0 Å². The Morgan fingerprint density at radius 1 is 1.25 bits per heavy atom. The monoisotopic (exact) mass is 437 g/mol. The van der Waals surface area contributed by atoms with Gasteiger partial charge in [-0.05, 0) is 44.2 Å². The van der Waals surface area contributed by atoms with Gasteiger partial charge in [0.25, 0.3) is 0 Å². The normalized spacial score (nSPS) is 15.2. The van der Waals surface area contributed by atoms with Crippen molar-refractivity contribution in [3.8, 4) is 5.75 Å². The molecule has 172 valence electrons. The van der Waals surface area contributed by atoms with Gasteiger partial charge in [-0.3, -0.25) is 9.69 Å².